The van der Waals surface area contributed by atoms with E-state index in [2.05, 4.69) is 36.9 Å². The monoisotopic (exact) mass is 247 g/mol. The molecule has 0 radical (unpaired) electrons. The third kappa shape index (κ3) is 2.09. The average molecular weight is 247 g/mol. The summed E-state index contributed by atoms with van der Waals surface area (Å²) < 4.78 is 0. The Labute approximate surface area is 108 Å². The molecule has 0 amide bonds. The van der Waals surface area contributed by atoms with E-state index in [0.29, 0.717) is 0 Å². The number of carboxylic acid groups (broad SMARTS) is 1. The molecule has 98 valence electrons. The van der Waals surface area contributed by atoms with Crippen molar-refractivity contribution in [2.24, 2.45) is 5.92 Å². The van der Waals surface area contributed by atoms with Gasteiger partial charge in [-0.1, -0.05) is 6.07 Å². The molecular weight excluding hydrogens is 226 g/mol. The Morgan fingerprint density at radius 3 is 2.28 bits per heavy atom. The van der Waals surface area contributed by atoms with Crippen LogP contribution in [0.5, 0.6) is 0 Å². The molecule has 1 fully saturated rings. The Kier molecular flexibility index (Phi) is 3.09. The molecule has 1 aliphatic rings. The number of nitrogens with zero attached hydrogens (tertiary/aromatic N) is 1. The molecule has 0 aliphatic carbocycles. The van der Waals surface area contributed by atoms with E-state index >= 15 is 0 Å². The van der Waals surface area contributed by atoms with Crippen LogP contribution in [0.25, 0.3) is 0 Å². The zero-order valence-electron chi connectivity index (χ0n) is 11.5. The summed E-state index contributed by atoms with van der Waals surface area (Å²) in [6, 6.07) is 6.42. The lowest BCUT2D eigenvalue weighted by Gasteiger charge is -2.36. The highest BCUT2D eigenvalue weighted by atomic mass is 16.4. The van der Waals surface area contributed by atoms with E-state index in [4.69, 9.17) is 0 Å². The molecule has 1 unspecified atom stereocenters. The van der Waals surface area contributed by atoms with Crippen LogP contribution in [0.1, 0.15) is 31.4 Å². The van der Waals surface area contributed by atoms with Crippen molar-refractivity contribution >= 4 is 11.7 Å². The van der Waals surface area contributed by atoms with Crippen LogP contribution < -0.4 is 4.90 Å². The summed E-state index contributed by atoms with van der Waals surface area (Å²) in [6.45, 7) is 9.02. The van der Waals surface area contributed by atoms with Gasteiger partial charge in [0.15, 0.2) is 0 Å². The number of hydrogen-bond acceptors (Lipinski definition) is 2. The van der Waals surface area contributed by atoms with Crippen LogP contribution in [0.4, 0.5) is 5.69 Å². The van der Waals surface area contributed by atoms with Gasteiger partial charge in [-0.05, 0) is 57.4 Å². The van der Waals surface area contributed by atoms with Crippen molar-refractivity contribution in [1.82, 2.24) is 0 Å². The number of carboxylic acids is 1. The first-order chi connectivity index (χ1) is 8.32. The van der Waals surface area contributed by atoms with Crippen LogP contribution in [-0.4, -0.2) is 23.2 Å². The molecule has 1 atom stereocenters. The lowest BCUT2D eigenvalue weighted by Crippen LogP contribution is -2.45. The minimum atomic E-state index is -0.688. The van der Waals surface area contributed by atoms with Crippen molar-refractivity contribution in [1.29, 1.82) is 0 Å². The van der Waals surface area contributed by atoms with Crippen molar-refractivity contribution in [3.63, 3.8) is 0 Å². The van der Waals surface area contributed by atoms with Gasteiger partial charge in [0.2, 0.25) is 0 Å². The molecule has 1 aliphatic heterocycles. The second kappa shape index (κ2) is 4.30. The van der Waals surface area contributed by atoms with Gasteiger partial charge in [0.25, 0.3) is 0 Å². The number of anilines is 1. The molecule has 0 aromatic heterocycles. The van der Waals surface area contributed by atoms with Gasteiger partial charge in [0.05, 0.1) is 5.92 Å². The standard InChI is InChI=1S/C15H21NO2/c1-10-7-11(2)9-12(8-10)16-6-5-13(14(17)18)15(16,3)4/h7-9,13H,5-6H2,1-4H3,(H,17,18). The zero-order valence-corrected chi connectivity index (χ0v) is 11.5. The lowest BCUT2D eigenvalue weighted by molar-refractivity contribution is -0.142. The van der Waals surface area contributed by atoms with Crippen molar-refractivity contribution in [3.8, 4) is 0 Å². The summed E-state index contributed by atoms with van der Waals surface area (Å²) in [5.41, 5.74) is 3.26. The van der Waals surface area contributed by atoms with Crippen LogP contribution in [0.2, 0.25) is 0 Å². The zero-order chi connectivity index (χ0) is 13.5. The van der Waals surface area contributed by atoms with Crippen LogP contribution in [0, 0.1) is 19.8 Å². The third-order valence-electron chi connectivity index (χ3n) is 4.01. The van der Waals surface area contributed by atoms with E-state index in [0.717, 1.165) is 18.7 Å². The van der Waals surface area contributed by atoms with Gasteiger partial charge < -0.3 is 10.0 Å². The smallest absolute Gasteiger partial charge is 0.308 e. The number of hydrogen-bond donors (Lipinski definition) is 1. The maximum atomic E-state index is 11.3. The quantitative estimate of drug-likeness (QED) is 0.873. The van der Waals surface area contributed by atoms with E-state index in [1.165, 1.54) is 11.1 Å². The second-order valence-corrected chi connectivity index (χ2v) is 5.83. The maximum absolute atomic E-state index is 11.3. The highest BCUT2D eigenvalue weighted by molar-refractivity contribution is 5.74. The first-order valence-corrected chi connectivity index (χ1v) is 6.41. The van der Waals surface area contributed by atoms with Crippen molar-refractivity contribution in [3.05, 3.63) is 29.3 Å². The summed E-state index contributed by atoms with van der Waals surface area (Å²) >= 11 is 0. The minimum absolute atomic E-state index is 0.293. The number of aryl methyl sites for hydroxylation is 2. The summed E-state index contributed by atoms with van der Waals surface area (Å²) in [5, 5.41) is 9.30. The molecule has 1 aromatic rings. The molecule has 3 heteroatoms. The van der Waals surface area contributed by atoms with E-state index in [1.54, 1.807) is 0 Å². The Bertz CT molecular complexity index is 459. The predicted molar refractivity (Wildman–Crippen MR) is 73.1 cm³/mol. The third-order valence-corrected chi connectivity index (χ3v) is 4.01. The Hall–Kier alpha value is -1.51. The Balaban J connectivity index is 2.37. The summed E-state index contributed by atoms with van der Waals surface area (Å²) in [7, 11) is 0. The lowest BCUT2D eigenvalue weighted by atomic mass is 9.88. The van der Waals surface area contributed by atoms with Gasteiger partial charge in [0, 0.05) is 17.8 Å². The molecule has 1 saturated heterocycles. The molecule has 1 aromatic carbocycles. The normalized spacial score (nSPS) is 22.2. The maximum Gasteiger partial charge on any atom is 0.308 e. The topological polar surface area (TPSA) is 40.5 Å². The van der Waals surface area contributed by atoms with Gasteiger partial charge in [-0.25, -0.2) is 0 Å². The van der Waals surface area contributed by atoms with Crippen molar-refractivity contribution in [2.45, 2.75) is 39.7 Å². The van der Waals surface area contributed by atoms with Gasteiger partial charge in [0.1, 0.15) is 0 Å². The fraction of sp³-hybridized carbons (Fsp3) is 0.533. The van der Waals surface area contributed by atoms with E-state index in [-0.39, 0.29) is 11.5 Å². The molecule has 0 saturated carbocycles. The molecule has 3 nitrogen and oxygen atoms in total. The molecule has 0 spiro atoms. The number of aliphatic carboxylic acids is 1. The predicted octanol–water partition coefficient (Wildman–Crippen LogP) is 2.99. The molecular formula is C15H21NO2. The van der Waals surface area contributed by atoms with Gasteiger partial charge >= 0.3 is 5.97 Å². The Morgan fingerprint density at radius 1 is 1.28 bits per heavy atom. The number of rotatable bonds is 2. The highest BCUT2D eigenvalue weighted by Crippen LogP contribution is 2.38. The molecule has 1 heterocycles. The molecule has 0 bridgehead atoms. The number of benzene rings is 1. The van der Waals surface area contributed by atoms with Crippen LogP contribution >= 0.6 is 0 Å². The second-order valence-electron chi connectivity index (χ2n) is 5.83. The van der Waals surface area contributed by atoms with Gasteiger partial charge in [-0.3, -0.25) is 4.79 Å². The first-order valence-electron chi connectivity index (χ1n) is 6.41. The van der Waals surface area contributed by atoms with Crippen LogP contribution in [0.3, 0.4) is 0 Å². The average Bonchev–Trinajstić information content (AvgIpc) is 2.51. The molecule has 1 N–H and O–H groups in total. The van der Waals surface area contributed by atoms with Gasteiger partial charge in [-0.15, -0.1) is 0 Å². The minimum Gasteiger partial charge on any atom is -0.481 e. The van der Waals surface area contributed by atoms with E-state index in [9.17, 15) is 9.90 Å². The van der Waals surface area contributed by atoms with Crippen molar-refractivity contribution in [2.75, 3.05) is 11.4 Å². The summed E-state index contributed by atoms with van der Waals surface area (Å²) in [4.78, 5) is 13.5. The Morgan fingerprint density at radius 2 is 1.83 bits per heavy atom. The van der Waals surface area contributed by atoms with Crippen LogP contribution in [-0.2, 0) is 4.79 Å². The molecule has 18 heavy (non-hydrogen) atoms. The fourth-order valence-electron chi connectivity index (χ4n) is 3.08. The SMILES string of the molecule is Cc1cc(C)cc(N2CCC(C(=O)O)C2(C)C)c1. The van der Waals surface area contributed by atoms with E-state index < -0.39 is 5.97 Å². The van der Waals surface area contributed by atoms with E-state index in [1.807, 2.05) is 13.8 Å². The first kappa shape index (κ1) is 12.9. The van der Waals surface area contributed by atoms with Gasteiger partial charge in [-0.2, -0.15) is 0 Å². The van der Waals surface area contributed by atoms with Crippen LogP contribution in [0.15, 0.2) is 18.2 Å². The fourth-order valence-corrected chi connectivity index (χ4v) is 3.08. The summed E-state index contributed by atoms with van der Waals surface area (Å²) in [5.74, 6) is -0.981. The number of carbonyl (C=O) groups is 1. The largest absolute Gasteiger partial charge is 0.481 e. The van der Waals surface area contributed by atoms with Crippen molar-refractivity contribution < 1.29 is 9.90 Å². The molecule has 2 rings (SSSR count). The highest BCUT2D eigenvalue weighted by Gasteiger charge is 2.45. The summed E-state index contributed by atoms with van der Waals surface area (Å²) in [6.07, 6.45) is 0.718.